The zero-order chi connectivity index (χ0) is 16.9. The highest BCUT2D eigenvalue weighted by atomic mass is 16.5. The molecule has 0 aliphatic heterocycles. The quantitative estimate of drug-likeness (QED) is 0.681. The molecule has 0 bridgehead atoms. The van der Waals surface area contributed by atoms with Crippen LogP contribution in [0.2, 0.25) is 0 Å². The van der Waals surface area contributed by atoms with Crippen molar-refractivity contribution in [3.05, 3.63) is 23.9 Å². The lowest BCUT2D eigenvalue weighted by Gasteiger charge is -2.43. The topological polar surface area (TPSA) is 74.7 Å². The maximum absolute atomic E-state index is 11.1. The number of aromatic nitrogens is 1. The molecule has 2 aliphatic rings. The summed E-state index contributed by atoms with van der Waals surface area (Å²) in [7, 11) is 0. The summed E-state index contributed by atoms with van der Waals surface area (Å²) in [6, 6.07) is 6.68. The summed E-state index contributed by atoms with van der Waals surface area (Å²) in [6.07, 6.45) is 4.55. The van der Waals surface area contributed by atoms with E-state index in [1.54, 1.807) is 0 Å². The molecular formula is C18H27N3O3. The second kappa shape index (κ2) is 7.94. The molecule has 0 aromatic carbocycles. The third-order valence-corrected chi connectivity index (χ3v) is 4.80. The molecule has 2 saturated carbocycles. The van der Waals surface area contributed by atoms with E-state index in [9.17, 15) is 4.79 Å². The minimum Gasteiger partial charge on any atom is -0.480 e. The number of carboxylic acids is 1. The molecule has 0 amide bonds. The molecule has 1 heterocycles. The van der Waals surface area contributed by atoms with Crippen LogP contribution < -0.4 is 10.1 Å². The third-order valence-electron chi connectivity index (χ3n) is 4.80. The van der Waals surface area contributed by atoms with Crippen LogP contribution in [-0.2, 0) is 11.3 Å². The van der Waals surface area contributed by atoms with Crippen molar-refractivity contribution >= 4 is 5.97 Å². The van der Waals surface area contributed by atoms with Crippen LogP contribution in [0.1, 0.15) is 38.3 Å². The summed E-state index contributed by atoms with van der Waals surface area (Å²) in [5.74, 6) is 0.672. The van der Waals surface area contributed by atoms with Crippen molar-refractivity contribution in [3.63, 3.8) is 0 Å². The fourth-order valence-corrected chi connectivity index (χ4v) is 3.23. The van der Waals surface area contributed by atoms with Crippen molar-refractivity contribution in [2.75, 3.05) is 19.7 Å². The molecule has 2 fully saturated rings. The molecule has 0 radical (unpaired) electrons. The predicted octanol–water partition coefficient (Wildman–Crippen LogP) is 1.90. The number of hydrogen-bond donors (Lipinski definition) is 2. The normalized spacial score (nSPS) is 23.1. The Balaban J connectivity index is 1.42. The maximum atomic E-state index is 11.1. The number of aliphatic carboxylic acids is 1. The van der Waals surface area contributed by atoms with Gasteiger partial charge in [0.2, 0.25) is 5.88 Å². The van der Waals surface area contributed by atoms with E-state index in [1.165, 1.54) is 12.8 Å². The fourth-order valence-electron chi connectivity index (χ4n) is 3.23. The van der Waals surface area contributed by atoms with Crippen molar-refractivity contribution in [3.8, 4) is 5.88 Å². The van der Waals surface area contributed by atoms with Gasteiger partial charge in [0.15, 0.2) is 0 Å². The summed E-state index contributed by atoms with van der Waals surface area (Å²) in [4.78, 5) is 17.7. The van der Waals surface area contributed by atoms with Gasteiger partial charge in [0.25, 0.3) is 0 Å². The van der Waals surface area contributed by atoms with Crippen molar-refractivity contribution in [1.82, 2.24) is 15.2 Å². The van der Waals surface area contributed by atoms with Crippen LogP contribution in [-0.4, -0.2) is 52.7 Å². The van der Waals surface area contributed by atoms with Crippen molar-refractivity contribution in [1.29, 1.82) is 0 Å². The number of carbonyl (C=O) groups is 1. The molecule has 2 N–H and O–H groups in total. The highest BCUT2D eigenvalue weighted by molar-refractivity contribution is 5.69. The number of hydrogen-bond acceptors (Lipinski definition) is 5. The second-order valence-electron chi connectivity index (χ2n) is 6.87. The molecule has 2 aliphatic carbocycles. The van der Waals surface area contributed by atoms with Gasteiger partial charge in [-0.1, -0.05) is 6.07 Å². The summed E-state index contributed by atoms with van der Waals surface area (Å²) in [6.45, 7) is 4.41. The zero-order valence-corrected chi connectivity index (χ0v) is 14.3. The Labute approximate surface area is 143 Å². The van der Waals surface area contributed by atoms with E-state index in [0.717, 1.165) is 37.5 Å². The largest absolute Gasteiger partial charge is 0.480 e. The molecule has 1 aromatic heterocycles. The van der Waals surface area contributed by atoms with Crippen LogP contribution in [0.4, 0.5) is 0 Å². The summed E-state index contributed by atoms with van der Waals surface area (Å²) >= 11 is 0. The number of nitrogens with zero attached hydrogens (tertiary/aromatic N) is 2. The minimum atomic E-state index is -0.719. The number of pyridine rings is 1. The van der Waals surface area contributed by atoms with Gasteiger partial charge >= 0.3 is 5.97 Å². The Bertz CT molecular complexity index is 556. The first kappa shape index (κ1) is 17.2. The number of carboxylic acid groups (broad SMARTS) is 1. The van der Waals surface area contributed by atoms with E-state index in [2.05, 4.69) is 15.2 Å². The average molecular weight is 333 g/mol. The highest BCUT2D eigenvalue weighted by Crippen LogP contribution is 2.33. The van der Waals surface area contributed by atoms with Crippen LogP contribution in [0.15, 0.2) is 18.2 Å². The van der Waals surface area contributed by atoms with Gasteiger partial charge in [0, 0.05) is 31.2 Å². The lowest BCUT2D eigenvalue weighted by atomic mass is 9.85. The van der Waals surface area contributed by atoms with Gasteiger partial charge in [-0.05, 0) is 44.6 Å². The van der Waals surface area contributed by atoms with E-state index >= 15 is 0 Å². The average Bonchev–Trinajstić information content (AvgIpc) is 3.29. The molecular weight excluding hydrogens is 306 g/mol. The molecule has 0 atom stereocenters. The molecule has 0 saturated heterocycles. The first-order chi connectivity index (χ1) is 11.6. The van der Waals surface area contributed by atoms with Crippen LogP contribution in [0.25, 0.3) is 0 Å². The Morgan fingerprint density at radius 1 is 1.42 bits per heavy atom. The van der Waals surface area contributed by atoms with E-state index in [-0.39, 0.29) is 6.54 Å². The lowest BCUT2D eigenvalue weighted by Crippen LogP contribution is -2.54. The van der Waals surface area contributed by atoms with Crippen molar-refractivity contribution in [2.45, 2.75) is 51.2 Å². The van der Waals surface area contributed by atoms with E-state index in [1.807, 2.05) is 25.1 Å². The summed E-state index contributed by atoms with van der Waals surface area (Å²) in [5, 5.41) is 12.6. The second-order valence-corrected chi connectivity index (χ2v) is 6.87. The van der Waals surface area contributed by atoms with Gasteiger partial charge in [-0.3, -0.25) is 9.69 Å². The third kappa shape index (κ3) is 4.92. The van der Waals surface area contributed by atoms with Crippen LogP contribution in [0.3, 0.4) is 0 Å². The monoisotopic (exact) mass is 333 g/mol. The van der Waals surface area contributed by atoms with Crippen molar-refractivity contribution in [2.24, 2.45) is 5.92 Å². The number of rotatable bonds is 10. The van der Waals surface area contributed by atoms with Crippen LogP contribution >= 0.6 is 0 Å². The molecule has 6 heteroatoms. The van der Waals surface area contributed by atoms with Gasteiger partial charge in [-0.25, -0.2) is 4.98 Å². The van der Waals surface area contributed by atoms with Gasteiger partial charge in [-0.2, -0.15) is 0 Å². The molecule has 1 aromatic rings. The predicted molar refractivity (Wildman–Crippen MR) is 91.0 cm³/mol. The molecule has 0 spiro atoms. The minimum absolute atomic E-state index is 0.172. The molecule has 0 unspecified atom stereocenters. The standard InChI is InChI=1S/C18H27N3O3/c1-2-24-17-5-3-4-14(20-17)10-19-15-8-16(9-15)21(12-18(22)23)11-13-6-7-13/h3-5,13,15-16,19H,2,6-12H2,1H3,(H,22,23). The van der Waals surface area contributed by atoms with E-state index in [4.69, 9.17) is 9.84 Å². The fraction of sp³-hybridized carbons (Fsp3) is 0.667. The van der Waals surface area contributed by atoms with E-state index in [0.29, 0.717) is 24.6 Å². The lowest BCUT2D eigenvalue weighted by molar-refractivity contribution is -0.139. The van der Waals surface area contributed by atoms with Crippen LogP contribution in [0, 0.1) is 5.92 Å². The van der Waals surface area contributed by atoms with Gasteiger partial charge < -0.3 is 15.2 Å². The first-order valence-electron chi connectivity index (χ1n) is 8.92. The SMILES string of the molecule is CCOc1cccc(CNC2CC(N(CC(=O)O)CC3CC3)C2)n1. The maximum Gasteiger partial charge on any atom is 0.317 e. The van der Waals surface area contributed by atoms with Crippen molar-refractivity contribution < 1.29 is 14.6 Å². The summed E-state index contributed by atoms with van der Waals surface area (Å²) in [5.41, 5.74) is 0.977. The zero-order valence-electron chi connectivity index (χ0n) is 14.3. The Morgan fingerprint density at radius 3 is 2.88 bits per heavy atom. The smallest absolute Gasteiger partial charge is 0.317 e. The molecule has 6 nitrogen and oxygen atoms in total. The van der Waals surface area contributed by atoms with E-state index < -0.39 is 5.97 Å². The molecule has 3 rings (SSSR count). The number of nitrogens with one attached hydrogen (secondary N) is 1. The Morgan fingerprint density at radius 2 is 2.21 bits per heavy atom. The number of ether oxygens (including phenoxy) is 1. The van der Waals surface area contributed by atoms with Crippen LogP contribution in [0.5, 0.6) is 5.88 Å². The van der Waals surface area contributed by atoms with Gasteiger partial charge in [-0.15, -0.1) is 0 Å². The van der Waals surface area contributed by atoms with Gasteiger partial charge in [0.1, 0.15) is 0 Å². The Kier molecular flexibility index (Phi) is 5.68. The van der Waals surface area contributed by atoms with Gasteiger partial charge in [0.05, 0.1) is 18.8 Å². The summed E-state index contributed by atoms with van der Waals surface area (Å²) < 4.78 is 5.42. The first-order valence-corrected chi connectivity index (χ1v) is 8.92. The molecule has 132 valence electrons. The molecule has 24 heavy (non-hydrogen) atoms. The Hall–Kier alpha value is -1.66. The highest BCUT2D eigenvalue weighted by Gasteiger charge is 2.36.